The number of anilines is 1. The maximum Gasteiger partial charge on any atom is 0.322 e. The first-order valence-electron chi connectivity index (χ1n) is 7.67. The Morgan fingerprint density at radius 3 is 2.82 bits per heavy atom. The summed E-state index contributed by atoms with van der Waals surface area (Å²) in [4.78, 5) is 18.8. The van der Waals surface area contributed by atoms with Crippen LogP contribution in [0.3, 0.4) is 0 Å². The number of nitrogens with one attached hydrogen (secondary N) is 1. The Bertz CT molecular complexity index is 626. The molecule has 22 heavy (non-hydrogen) atoms. The zero-order chi connectivity index (χ0) is 15.4. The second-order valence-corrected chi connectivity index (χ2v) is 5.53. The monoisotopic (exact) mass is 300 g/mol. The van der Waals surface area contributed by atoms with Crippen LogP contribution < -0.4 is 5.32 Å². The number of nitrogens with zero attached hydrogens (tertiary/aromatic N) is 3. The molecule has 6 nitrogen and oxygen atoms in total. The van der Waals surface area contributed by atoms with Crippen LogP contribution in [0.25, 0.3) is 0 Å². The van der Waals surface area contributed by atoms with Crippen LogP contribution in [0, 0.1) is 6.92 Å². The molecule has 2 heterocycles. The van der Waals surface area contributed by atoms with Crippen molar-refractivity contribution in [2.45, 2.75) is 38.6 Å². The van der Waals surface area contributed by atoms with Gasteiger partial charge in [0.1, 0.15) is 6.04 Å². The normalized spacial score (nSPS) is 18.8. The molecule has 1 unspecified atom stereocenters. The number of likely N-dealkylation sites (tertiary alicyclic amines) is 1. The van der Waals surface area contributed by atoms with Gasteiger partial charge in [-0.05, 0) is 31.9 Å². The van der Waals surface area contributed by atoms with Gasteiger partial charge in [0.2, 0.25) is 5.89 Å². The van der Waals surface area contributed by atoms with E-state index in [-0.39, 0.29) is 12.1 Å². The summed E-state index contributed by atoms with van der Waals surface area (Å²) in [7, 11) is 0. The molecule has 0 spiro atoms. The van der Waals surface area contributed by atoms with E-state index in [0.29, 0.717) is 18.3 Å². The molecule has 3 rings (SSSR count). The Morgan fingerprint density at radius 1 is 1.27 bits per heavy atom. The molecule has 2 amide bonds. The van der Waals surface area contributed by atoms with Crippen molar-refractivity contribution in [3.63, 3.8) is 0 Å². The highest BCUT2D eigenvalue weighted by Gasteiger charge is 2.30. The Hall–Kier alpha value is -2.37. The van der Waals surface area contributed by atoms with Crippen LogP contribution in [0.2, 0.25) is 0 Å². The van der Waals surface area contributed by atoms with E-state index in [1.54, 1.807) is 6.92 Å². The molecule has 1 fully saturated rings. The maximum absolute atomic E-state index is 12.6. The quantitative estimate of drug-likeness (QED) is 0.921. The number of urea groups is 1. The summed E-state index contributed by atoms with van der Waals surface area (Å²) in [6.07, 6.45) is 4.01. The molecular formula is C16H20N4O2. The minimum atomic E-state index is -0.146. The highest BCUT2D eigenvalue weighted by Crippen LogP contribution is 2.29. The van der Waals surface area contributed by atoms with Crippen molar-refractivity contribution in [3.8, 4) is 0 Å². The van der Waals surface area contributed by atoms with E-state index in [9.17, 15) is 4.79 Å². The second-order valence-electron chi connectivity index (χ2n) is 5.53. The first-order chi connectivity index (χ1) is 10.7. The lowest BCUT2D eigenvalue weighted by Crippen LogP contribution is -2.38. The van der Waals surface area contributed by atoms with Crippen molar-refractivity contribution in [1.29, 1.82) is 0 Å². The van der Waals surface area contributed by atoms with Crippen molar-refractivity contribution < 1.29 is 9.32 Å². The fourth-order valence-corrected chi connectivity index (χ4v) is 2.77. The van der Waals surface area contributed by atoms with Crippen LogP contribution in [0.15, 0.2) is 34.9 Å². The van der Waals surface area contributed by atoms with Crippen molar-refractivity contribution in [2.75, 3.05) is 11.9 Å². The Labute approximate surface area is 129 Å². The lowest BCUT2D eigenvalue weighted by atomic mass is 10.1. The van der Waals surface area contributed by atoms with Gasteiger partial charge in [-0.25, -0.2) is 4.79 Å². The molecule has 0 saturated carbocycles. The van der Waals surface area contributed by atoms with Crippen molar-refractivity contribution >= 4 is 11.7 Å². The number of para-hydroxylation sites is 1. The van der Waals surface area contributed by atoms with E-state index in [4.69, 9.17) is 4.52 Å². The van der Waals surface area contributed by atoms with E-state index >= 15 is 0 Å². The molecule has 1 N–H and O–H groups in total. The summed E-state index contributed by atoms with van der Waals surface area (Å²) in [5, 5.41) is 6.80. The summed E-state index contributed by atoms with van der Waals surface area (Å²) < 4.78 is 5.31. The van der Waals surface area contributed by atoms with Gasteiger partial charge in [-0.3, -0.25) is 0 Å². The van der Waals surface area contributed by atoms with E-state index < -0.39 is 0 Å². The number of rotatable bonds is 2. The lowest BCUT2D eigenvalue weighted by molar-refractivity contribution is 0.171. The number of carbonyl (C=O) groups is 1. The predicted molar refractivity (Wildman–Crippen MR) is 82.4 cm³/mol. The number of aryl methyl sites for hydroxylation is 1. The Balaban J connectivity index is 1.79. The van der Waals surface area contributed by atoms with E-state index in [2.05, 4.69) is 15.5 Å². The van der Waals surface area contributed by atoms with Gasteiger partial charge in [-0.15, -0.1) is 0 Å². The van der Waals surface area contributed by atoms with E-state index in [0.717, 1.165) is 31.4 Å². The smallest absolute Gasteiger partial charge is 0.322 e. The first-order valence-corrected chi connectivity index (χ1v) is 7.67. The molecule has 1 aromatic carbocycles. The molecule has 1 saturated heterocycles. The number of amides is 2. The van der Waals surface area contributed by atoms with Crippen LogP contribution >= 0.6 is 0 Å². The van der Waals surface area contributed by atoms with Gasteiger partial charge in [-0.2, -0.15) is 4.98 Å². The molecule has 1 aliphatic rings. The Morgan fingerprint density at radius 2 is 2.09 bits per heavy atom. The van der Waals surface area contributed by atoms with Crippen LogP contribution in [0.1, 0.15) is 43.4 Å². The first kappa shape index (κ1) is 14.6. The molecule has 0 bridgehead atoms. The number of benzene rings is 1. The summed E-state index contributed by atoms with van der Waals surface area (Å²) in [5.74, 6) is 1.13. The van der Waals surface area contributed by atoms with Gasteiger partial charge in [0.25, 0.3) is 0 Å². The maximum atomic E-state index is 12.6. The zero-order valence-electron chi connectivity index (χ0n) is 12.7. The van der Waals surface area contributed by atoms with Gasteiger partial charge in [0.15, 0.2) is 5.82 Å². The molecular weight excluding hydrogens is 280 g/mol. The van der Waals surface area contributed by atoms with Gasteiger partial charge in [-0.1, -0.05) is 36.2 Å². The SMILES string of the molecule is Cc1noc(C2CCCCCN2C(=O)Nc2ccccc2)n1. The van der Waals surface area contributed by atoms with Crippen molar-refractivity contribution in [2.24, 2.45) is 0 Å². The lowest BCUT2D eigenvalue weighted by Gasteiger charge is -2.27. The van der Waals surface area contributed by atoms with Crippen molar-refractivity contribution in [3.05, 3.63) is 42.0 Å². The van der Waals surface area contributed by atoms with Gasteiger partial charge in [0, 0.05) is 12.2 Å². The molecule has 6 heteroatoms. The van der Waals surface area contributed by atoms with Crippen molar-refractivity contribution in [1.82, 2.24) is 15.0 Å². The molecule has 1 aliphatic heterocycles. The van der Waals surface area contributed by atoms with E-state index in [1.165, 1.54) is 0 Å². The Kier molecular flexibility index (Phi) is 4.37. The third-order valence-electron chi connectivity index (χ3n) is 3.87. The van der Waals surface area contributed by atoms with E-state index in [1.807, 2.05) is 35.2 Å². The van der Waals surface area contributed by atoms with Crippen LogP contribution in [-0.4, -0.2) is 27.6 Å². The number of aromatic nitrogens is 2. The molecule has 116 valence electrons. The fraction of sp³-hybridized carbons (Fsp3) is 0.438. The van der Waals surface area contributed by atoms with Crippen LogP contribution in [0.5, 0.6) is 0 Å². The highest BCUT2D eigenvalue weighted by atomic mass is 16.5. The van der Waals surface area contributed by atoms with Gasteiger partial charge in [0.05, 0.1) is 0 Å². The summed E-state index contributed by atoms with van der Waals surface area (Å²) >= 11 is 0. The second kappa shape index (κ2) is 6.60. The third-order valence-corrected chi connectivity index (χ3v) is 3.87. The summed E-state index contributed by atoms with van der Waals surface area (Å²) in [6.45, 7) is 2.49. The molecule has 1 aromatic heterocycles. The summed E-state index contributed by atoms with van der Waals surface area (Å²) in [6, 6.07) is 9.21. The average Bonchev–Trinajstić information content (AvgIpc) is 2.81. The molecule has 1 atom stereocenters. The zero-order valence-corrected chi connectivity index (χ0v) is 12.7. The van der Waals surface area contributed by atoms with Crippen LogP contribution in [-0.2, 0) is 0 Å². The largest absolute Gasteiger partial charge is 0.337 e. The van der Waals surface area contributed by atoms with Gasteiger partial charge >= 0.3 is 6.03 Å². The number of hydrogen-bond donors (Lipinski definition) is 1. The molecule has 0 radical (unpaired) electrons. The standard InChI is InChI=1S/C16H20N4O2/c1-12-17-15(22-19-12)14-10-6-3-7-11-20(14)16(21)18-13-8-4-2-5-9-13/h2,4-5,8-9,14H,3,6-7,10-11H2,1H3,(H,18,21). The topological polar surface area (TPSA) is 71.3 Å². The molecule has 2 aromatic rings. The fourth-order valence-electron chi connectivity index (χ4n) is 2.77. The number of carbonyl (C=O) groups excluding carboxylic acids is 1. The number of hydrogen-bond acceptors (Lipinski definition) is 4. The minimum Gasteiger partial charge on any atom is -0.337 e. The molecule has 0 aliphatic carbocycles. The average molecular weight is 300 g/mol. The van der Waals surface area contributed by atoms with Crippen LogP contribution in [0.4, 0.5) is 10.5 Å². The summed E-state index contributed by atoms with van der Waals surface area (Å²) in [5.41, 5.74) is 0.789. The highest BCUT2D eigenvalue weighted by molar-refractivity contribution is 5.89. The predicted octanol–water partition coefficient (Wildman–Crippen LogP) is 3.53. The minimum absolute atomic E-state index is 0.117. The van der Waals surface area contributed by atoms with Gasteiger partial charge < -0.3 is 14.7 Å². The third kappa shape index (κ3) is 3.27.